The zero-order valence-corrected chi connectivity index (χ0v) is 15.4. The van der Waals surface area contributed by atoms with Crippen molar-refractivity contribution >= 4 is 5.97 Å². The average Bonchev–Trinajstić information content (AvgIpc) is 2.61. The topological polar surface area (TPSA) is 44.8 Å². The summed E-state index contributed by atoms with van der Waals surface area (Å²) < 4.78 is 30.5. The van der Waals surface area contributed by atoms with Gasteiger partial charge in [0.25, 0.3) is 0 Å². The minimum atomic E-state index is -0.759. The van der Waals surface area contributed by atoms with E-state index in [1.165, 1.54) is 6.07 Å². The number of benzene rings is 2. The molecule has 140 valence electrons. The Labute approximate surface area is 153 Å². The third kappa shape index (κ3) is 6.15. The van der Waals surface area contributed by atoms with Crippen LogP contribution in [0.5, 0.6) is 5.75 Å². The van der Waals surface area contributed by atoms with Crippen molar-refractivity contribution < 1.29 is 23.4 Å². The van der Waals surface area contributed by atoms with Crippen LogP contribution in [0.4, 0.5) is 4.39 Å². The molecule has 1 unspecified atom stereocenters. The molecule has 0 amide bonds. The molecule has 26 heavy (non-hydrogen) atoms. The van der Waals surface area contributed by atoms with Gasteiger partial charge >= 0.3 is 5.97 Å². The molecular weight excluding hydrogens is 335 g/mol. The molecule has 2 aromatic rings. The van der Waals surface area contributed by atoms with E-state index in [0.29, 0.717) is 12.2 Å². The van der Waals surface area contributed by atoms with E-state index >= 15 is 0 Å². The second-order valence-electron chi connectivity index (χ2n) is 6.17. The molecule has 0 aromatic heterocycles. The van der Waals surface area contributed by atoms with Gasteiger partial charge < -0.3 is 14.2 Å². The molecule has 0 saturated heterocycles. The zero-order valence-electron chi connectivity index (χ0n) is 15.4. The number of ether oxygens (including phenoxy) is 3. The van der Waals surface area contributed by atoms with Crippen LogP contribution in [0.15, 0.2) is 48.5 Å². The van der Waals surface area contributed by atoms with Gasteiger partial charge in [-0.15, -0.1) is 0 Å². The number of esters is 1. The van der Waals surface area contributed by atoms with Crippen molar-refractivity contribution in [2.45, 2.75) is 46.0 Å². The van der Waals surface area contributed by atoms with Gasteiger partial charge in [-0.1, -0.05) is 36.4 Å². The van der Waals surface area contributed by atoms with Gasteiger partial charge in [-0.2, -0.15) is 0 Å². The van der Waals surface area contributed by atoms with Gasteiger partial charge in [0, 0.05) is 6.42 Å². The fraction of sp³-hybridized carbons (Fsp3) is 0.381. The SMILES string of the molecule is CCOC(=O)C(Cc1ccc(OCc2ccccc2)c(F)c1)OC(C)C. The van der Waals surface area contributed by atoms with Crippen molar-refractivity contribution in [2.24, 2.45) is 0 Å². The number of halogens is 1. The molecule has 0 bridgehead atoms. The number of rotatable bonds is 9. The summed E-state index contributed by atoms with van der Waals surface area (Å²) in [6.45, 7) is 5.99. The van der Waals surface area contributed by atoms with E-state index in [0.717, 1.165) is 5.56 Å². The minimum Gasteiger partial charge on any atom is -0.486 e. The summed E-state index contributed by atoms with van der Waals surface area (Å²) in [7, 11) is 0. The van der Waals surface area contributed by atoms with Gasteiger partial charge in [0.2, 0.25) is 0 Å². The smallest absolute Gasteiger partial charge is 0.335 e. The van der Waals surface area contributed by atoms with E-state index in [1.807, 2.05) is 44.2 Å². The summed E-state index contributed by atoms with van der Waals surface area (Å²) in [4.78, 5) is 12.0. The first kappa shape index (κ1) is 19.9. The lowest BCUT2D eigenvalue weighted by molar-refractivity contribution is -0.159. The molecule has 0 N–H and O–H groups in total. The predicted octanol–water partition coefficient (Wildman–Crippen LogP) is 4.30. The fourth-order valence-corrected chi connectivity index (χ4v) is 2.49. The van der Waals surface area contributed by atoms with Crippen LogP contribution in [0.1, 0.15) is 31.9 Å². The first-order chi connectivity index (χ1) is 12.5. The van der Waals surface area contributed by atoms with Crippen molar-refractivity contribution in [1.29, 1.82) is 0 Å². The summed E-state index contributed by atoms with van der Waals surface area (Å²) >= 11 is 0. The predicted molar refractivity (Wildman–Crippen MR) is 97.5 cm³/mol. The van der Waals surface area contributed by atoms with Gasteiger partial charge in [0.15, 0.2) is 17.7 Å². The fourth-order valence-electron chi connectivity index (χ4n) is 2.49. The van der Waals surface area contributed by atoms with Gasteiger partial charge in [-0.3, -0.25) is 0 Å². The molecule has 4 nitrogen and oxygen atoms in total. The van der Waals surface area contributed by atoms with Crippen LogP contribution < -0.4 is 4.74 Å². The van der Waals surface area contributed by atoms with E-state index in [4.69, 9.17) is 14.2 Å². The van der Waals surface area contributed by atoms with Crippen LogP contribution in [0.25, 0.3) is 0 Å². The average molecular weight is 360 g/mol. The van der Waals surface area contributed by atoms with Crippen molar-refractivity contribution in [3.63, 3.8) is 0 Å². The van der Waals surface area contributed by atoms with E-state index in [2.05, 4.69) is 0 Å². The highest BCUT2D eigenvalue weighted by Crippen LogP contribution is 2.21. The van der Waals surface area contributed by atoms with Crippen molar-refractivity contribution in [3.8, 4) is 5.75 Å². The number of carbonyl (C=O) groups is 1. The third-order valence-electron chi connectivity index (χ3n) is 3.64. The van der Waals surface area contributed by atoms with Gasteiger partial charge in [-0.25, -0.2) is 9.18 Å². The maximum absolute atomic E-state index is 14.3. The van der Waals surface area contributed by atoms with Crippen LogP contribution in [0, 0.1) is 5.82 Å². The normalized spacial score (nSPS) is 12.0. The van der Waals surface area contributed by atoms with Crippen LogP contribution in [0.3, 0.4) is 0 Å². The Morgan fingerprint density at radius 3 is 2.42 bits per heavy atom. The maximum Gasteiger partial charge on any atom is 0.335 e. The van der Waals surface area contributed by atoms with Crippen molar-refractivity contribution in [3.05, 3.63) is 65.5 Å². The molecule has 0 aliphatic rings. The van der Waals surface area contributed by atoms with Crippen molar-refractivity contribution in [2.75, 3.05) is 6.61 Å². The van der Waals surface area contributed by atoms with E-state index < -0.39 is 17.9 Å². The number of hydrogen-bond donors (Lipinski definition) is 0. The Hall–Kier alpha value is -2.40. The van der Waals surface area contributed by atoms with Gasteiger partial charge in [0.05, 0.1) is 12.7 Å². The number of hydrogen-bond acceptors (Lipinski definition) is 4. The molecular formula is C21H25FO4. The third-order valence-corrected chi connectivity index (χ3v) is 3.64. The van der Waals surface area contributed by atoms with Crippen LogP contribution in [0.2, 0.25) is 0 Å². The molecule has 0 fully saturated rings. The molecule has 0 radical (unpaired) electrons. The second-order valence-corrected chi connectivity index (χ2v) is 6.17. The highest BCUT2D eigenvalue weighted by atomic mass is 19.1. The second kappa shape index (κ2) is 9.92. The Morgan fingerprint density at radius 2 is 1.81 bits per heavy atom. The summed E-state index contributed by atoms with van der Waals surface area (Å²) in [6, 6.07) is 14.2. The maximum atomic E-state index is 14.3. The molecule has 2 rings (SSSR count). The van der Waals surface area contributed by atoms with E-state index in [9.17, 15) is 9.18 Å². The molecule has 5 heteroatoms. The first-order valence-electron chi connectivity index (χ1n) is 8.76. The molecule has 2 aromatic carbocycles. The van der Waals surface area contributed by atoms with Crippen molar-refractivity contribution in [1.82, 2.24) is 0 Å². The molecule has 0 aliphatic heterocycles. The Morgan fingerprint density at radius 1 is 1.08 bits per heavy atom. The molecule has 0 spiro atoms. The summed E-state index contributed by atoms with van der Waals surface area (Å²) in [5, 5.41) is 0. The standard InChI is InChI=1S/C21H25FO4/c1-4-24-21(23)20(26-15(2)3)13-17-10-11-19(18(22)12-17)25-14-16-8-6-5-7-9-16/h5-12,15,20H,4,13-14H2,1-3H3. The Kier molecular flexibility index (Phi) is 7.60. The molecule has 0 heterocycles. The van der Waals surface area contributed by atoms with Crippen LogP contribution in [-0.2, 0) is 27.3 Å². The van der Waals surface area contributed by atoms with Crippen LogP contribution in [-0.4, -0.2) is 24.8 Å². The Balaban J connectivity index is 2.03. The lowest BCUT2D eigenvalue weighted by Gasteiger charge is -2.19. The molecule has 0 saturated carbocycles. The largest absolute Gasteiger partial charge is 0.486 e. The zero-order chi connectivity index (χ0) is 18.9. The number of carbonyl (C=O) groups excluding carboxylic acids is 1. The lowest BCUT2D eigenvalue weighted by Crippen LogP contribution is -2.31. The molecule has 0 aliphatic carbocycles. The highest BCUT2D eigenvalue weighted by Gasteiger charge is 2.23. The summed E-state index contributed by atoms with van der Waals surface area (Å²) in [5.41, 5.74) is 1.61. The van der Waals surface area contributed by atoms with Crippen LogP contribution >= 0.6 is 0 Å². The highest BCUT2D eigenvalue weighted by molar-refractivity contribution is 5.75. The minimum absolute atomic E-state index is 0.136. The quantitative estimate of drug-likeness (QED) is 0.625. The monoisotopic (exact) mass is 360 g/mol. The van der Waals surface area contributed by atoms with E-state index in [1.54, 1.807) is 19.1 Å². The molecule has 1 atom stereocenters. The lowest BCUT2D eigenvalue weighted by atomic mass is 10.1. The van der Waals surface area contributed by atoms with E-state index in [-0.39, 0.29) is 24.9 Å². The summed E-state index contributed by atoms with van der Waals surface area (Å²) in [6.07, 6.45) is -0.652. The summed E-state index contributed by atoms with van der Waals surface area (Å²) in [5.74, 6) is -0.730. The first-order valence-corrected chi connectivity index (χ1v) is 8.76. The van der Waals surface area contributed by atoms with Gasteiger partial charge in [0.1, 0.15) is 6.61 Å². The Bertz CT molecular complexity index is 700. The van der Waals surface area contributed by atoms with Gasteiger partial charge in [-0.05, 0) is 44.0 Å².